The lowest BCUT2D eigenvalue weighted by Gasteiger charge is -2.35. The summed E-state index contributed by atoms with van der Waals surface area (Å²) in [6.07, 6.45) is 3.87. The Kier molecular flexibility index (Phi) is 10.2. The Labute approximate surface area is 268 Å². The first-order valence-corrected chi connectivity index (χ1v) is 16.2. The van der Waals surface area contributed by atoms with Crippen LogP contribution in [0, 0.1) is 12.7 Å². The van der Waals surface area contributed by atoms with Gasteiger partial charge in [0.1, 0.15) is 11.3 Å². The second-order valence-corrected chi connectivity index (χ2v) is 12.1. The molecule has 1 aromatic heterocycles. The zero-order chi connectivity index (χ0) is 32.0. The van der Waals surface area contributed by atoms with Gasteiger partial charge in [-0.3, -0.25) is 14.6 Å². The van der Waals surface area contributed by atoms with Gasteiger partial charge in [0.25, 0.3) is 0 Å². The van der Waals surface area contributed by atoms with E-state index in [4.69, 9.17) is 23.6 Å². The lowest BCUT2D eigenvalue weighted by atomic mass is 9.96. The number of ether oxygens (including phenoxy) is 3. The number of benzene rings is 3. The molecule has 2 aliphatic rings. The average Bonchev–Trinajstić information content (AvgIpc) is 3.47. The van der Waals surface area contributed by atoms with Gasteiger partial charge in [0.05, 0.1) is 33.4 Å². The molecule has 4 aromatic rings. The molecule has 0 amide bonds. The number of hydrogen-bond donors (Lipinski definition) is 1. The van der Waals surface area contributed by atoms with Gasteiger partial charge in [-0.2, -0.15) is 0 Å². The topological polar surface area (TPSA) is 97.5 Å². The van der Waals surface area contributed by atoms with Crippen molar-refractivity contribution in [1.29, 1.82) is 0 Å². The summed E-state index contributed by atoms with van der Waals surface area (Å²) in [5, 5.41) is 9.43. The molecule has 2 saturated heterocycles. The number of methoxy groups -OCH3 is 1. The first kappa shape index (κ1) is 32.0. The maximum absolute atomic E-state index is 15.8. The minimum absolute atomic E-state index is 0.00990. The molecule has 2 fully saturated rings. The standard InChI is InChI=1S/C36H42FN3O6/c1-24-27(29-11-6-12-31(35(29)37)45-17-7-13-39-15-18-44-19-16-39)9-5-10-28(24)36-38-30-20-25(32(43-2)22-33(30)46-36)23-40-14-4-3-8-26(40)21-34(41)42/h5-6,9-12,20,22,26H,3-4,7-8,13-19,21,23H2,1-2H3,(H,41,42). The van der Waals surface area contributed by atoms with E-state index in [2.05, 4.69) is 9.80 Å². The van der Waals surface area contributed by atoms with Crippen LogP contribution in [0.3, 0.4) is 0 Å². The number of nitrogens with zero attached hydrogens (tertiary/aromatic N) is 3. The molecule has 46 heavy (non-hydrogen) atoms. The molecule has 0 spiro atoms. The largest absolute Gasteiger partial charge is 0.496 e. The van der Waals surface area contributed by atoms with Gasteiger partial charge in [-0.1, -0.05) is 30.7 Å². The summed E-state index contributed by atoms with van der Waals surface area (Å²) >= 11 is 0. The Morgan fingerprint density at radius 1 is 1.04 bits per heavy atom. The molecule has 10 heteroatoms. The van der Waals surface area contributed by atoms with Gasteiger partial charge in [0.15, 0.2) is 17.1 Å². The van der Waals surface area contributed by atoms with Crippen LogP contribution in [0.4, 0.5) is 4.39 Å². The fraction of sp³-hybridized carbons (Fsp3) is 0.444. The van der Waals surface area contributed by atoms with Crippen molar-refractivity contribution in [2.45, 2.75) is 51.6 Å². The van der Waals surface area contributed by atoms with Crippen LogP contribution in [0.5, 0.6) is 11.5 Å². The van der Waals surface area contributed by atoms with Gasteiger partial charge >= 0.3 is 5.97 Å². The number of likely N-dealkylation sites (tertiary alicyclic amines) is 1. The van der Waals surface area contributed by atoms with Crippen LogP contribution in [0.25, 0.3) is 33.7 Å². The second-order valence-electron chi connectivity index (χ2n) is 12.1. The smallest absolute Gasteiger partial charge is 0.304 e. The van der Waals surface area contributed by atoms with Crippen molar-refractivity contribution in [1.82, 2.24) is 14.8 Å². The van der Waals surface area contributed by atoms with Crippen molar-refractivity contribution in [3.05, 3.63) is 65.5 Å². The number of aliphatic carboxylic acids is 1. The maximum atomic E-state index is 15.8. The first-order chi connectivity index (χ1) is 22.4. The molecular weight excluding hydrogens is 589 g/mol. The first-order valence-electron chi connectivity index (χ1n) is 16.2. The molecule has 0 saturated carbocycles. The molecule has 3 aromatic carbocycles. The van der Waals surface area contributed by atoms with Gasteiger partial charge in [0.2, 0.25) is 5.89 Å². The van der Waals surface area contributed by atoms with E-state index < -0.39 is 5.97 Å². The minimum atomic E-state index is -0.781. The molecule has 3 heterocycles. The van der Waals surface area contributed by atoms with E-state index in [0.29, 0.717) is 41.5 Å². The maximum Gasteiger partial charge on any atom is 0.304 e. The fourth-order valence-electron chi connectivity index (χ4n) is 6.63. The van der Waals surface area contributed by atoms with Crippen molar-refractivity contribution < 1.29 is 32.9 Å². The summed E-state index contributed by atoms with van der Waals surface area (Å²) in [5.41, 5.74) is 5.01. The van der Waals surface area contributed by atoms with Gasteiger partial charge in [-0.15, -0.1) is 0 Å². The van der Waals surface area contributed by atoms with Crippen LogP contribution in [0.1, 0.15) is 43.2 Å². The third kappa shape index (κ3) is 7.19. The normalized spacial score (nSPS) is 17.8. The molecular formula is C36H42FN3O6. The average molecular weight is 632 g/mol. The van der Waals surface area contributed by atoms with E-state index in [1.807, 2.05) is 43.3 Å². The molecule has 0 aliphatic carbocycles. The number of morpholine rings is 1. The summed E-state index contributed by atoms with van der Waals surface area (Å²) < 4.78 is 39.1. The summed E-state index contributed by atoms with van der Waals surface area (Å²) in [4.78, 5) is 20.9. The van der Waals surface area contributed by atoms with Crippen LogP contribution in [-0.2, 0) is 16.1 Å². The number of rotatable bonds is 12. The van der Waals surface area contributed by atoms with E-state index in [9.17, 15) is 9.90 Å². The lowest BCUT2D eigenvalue weighted by Crippen LogP contribution is -2.40. The quantitative estimate of drug-likeness (QED) is 0.175. The van der Waals surface area contributed by atoms with Gasteiger partial charge in [-0.05, 0) is 62.1 Å². The number of fused-ring (bicyclic) bond motifs is 1. The highest BCUT2D eigenvalue weighted by Gasteiger charge is 2.26. The Bertz CT molecular complexity index is 1670. The SMILES string of the molecule is COc1cc2oc(-c3cccc(-c4cccc(OCCCN5CCOCC5)c4F)c3C)nc2cc1CN1CCCCC1CC(=O)O. The molecule has 1 atom stereocenters. The van der Waals surface area contributed by atoms with Crippen LogP contribution in [-0.4, -0.2) is 85.0 Å². The van der Waals surface area contributed by atoms with Gasteiger partial charge < -0.3 is 23.7 Å². The highest BCUT2D eigenvalue weighted by Crippen LogP contribution is 2.37. The number of halogens is 1. The van der Waals surface area contributed by atoms with Crippen molar-refractivity contribution in [3.63, 3.8) is 0 Å². The van der Waals surface area contributed by atoms with Crippen LogP contribution >= 0.6 is 0 Å². The second kappa shape index (κ2) is 14.6. The van der Waals surface area contributed by atoms with E-state index in [1.165, 1.54) is 0 Å². The van der Waals surface area contributed by atoms with Gasteiger partial charge in [-0.25, -0.2) is 9.37 Å². The predicted molar refractivity (Wildman–Crippen MR) is 174 cm³/mol. The zero-order valence-corrected chi connectivity index (χ0v) is 26.6. The molecule has 1 unspecified atom stereocenters. The Balaban J connectivity index is 1.22. The number of carboxylic acids is 1. The summed E-state index contributed by atoms with van der Waals surface area (Å²) in [5.74, 6) is 0.178. The van der Waals surface area contributed by atoms with Crippen LogP contribution in [0.2, 0.25) is 0 Å². The third-order valence-electron chi connectivity index (χ3n) is 9.12. The van der Waals surface area contributed by atoms with E-state index in [1.54, 1.807) is 19.2 Å². The van der Waals surface area contributed by atoms with E-state index in [-0.39, 0.29) is 24.0 Å². The monoisotopic (exact) mass is 631 g/mol. The minimum Gasteiger partial charge on any atom is -0.496 e. The number of oxazole rings is 1. The molecule has 1 N–H and O–H groups in total. The third-order valence-corrected chi connectivity index (χ3v) is 9.12. The highest BCUT2D eigenvalue weighted by molar-refractivity contribution is 5.82. The van der Waals surface area contributed by atoms with Gasteiger partial charge in [0, 0.05) is 55.0 Å². The fourth-order valence-corrected chi connectivity index (χ4v) is 6.63. The lowest BCUT2D eigenvalue weighted by molar-refractivity contribution is -0.138. The number of aromatic nitrogens is 1. The van der Waals surface area contributed by atoms with Crippen molar-refractivity contribution in [2.24, 2.45) is 0 Å². The Morgan fingerprint density at radius 2 is 1.83 bits per heavy atom. The molecule has 0 bridgehead atoms. The number of piperidine rings is 1. The molecule has 0 radical (unpaired) electrons. The van der Waals surface area contributed by atoms with Crippen molar-refractivity contribution >= 4 is 17.1 Å². The predicted octanol–water partition coefficient (Wildman–Crippen LogP) is 6.55. The molecule has 244 valence electrons. The Hall–Kier alpha value is -3.99. The van der Waals surface area contributed by atoms with Crippen molar-refractivity contribution in [3.8, 4) is 34.1 Å². The number of carbonyl (C=O) groups is 1. The number of hydrogen-bond acceptors (Lipinski definition) is 8. The highest BCUT2D eigenvalue weighted by atomic mass is 19.1. The van der Waals surface area contributed by atoms with E-state index >= 15 is 4.39 Å². The Morgan fingerprint density at radius 3 is 2.63 bits per heavy atom. The summed E-state index contributed by atoms with van der Waals surface area (Å²) in [6, 6.07) is 14.8. The van der Waals surface area contributed by atoms with Crippen LogP contribution in [0.15, 0.2) is 52.9 Å². The van der Waals surface area contributed by atoms with Crippen LogP contribution < -0.4 is 9.47 Å². The van der Waals surface area contributed by atoms with Crippen molar-refractivity contribution in [2.75, 3.05) is 53.1 Å². The zero-order valence-electron chi connectivity index (χ0n) is 26.6. The molecule has 2 aliphatic heterocycles. The number of carboxylic acid groups (broad SMARTS) is 1. The molecule has 6 rings (SSSR count). The summed E-state index contributed by atoms with van der Waals surface area (Å²) in [6.45, 7) is 8.03. The molecule has 9 nitrogen and oxygen atoms in total. The van der Waals surface area contributed by atoms with E-state index in [0.717, 1.165) is 87.3 Å². The summed E-state index contributed by atoms with van der Waals surface area (Å²) in [7, 11) is 1.62.